The van der Waals surface area contributed by atoms with Crippen molar-refractivity contribution in [1.82, 2.24) is 0 Å². The van der Waals surface area contributed by atoms with E-state index in [0.717, 1.165) is 23.4 Å². The highest BCUT2D eigenvalue weighted by Gasteiger charge is 2.08. The predicted molar refractivity (Wildman–Crippen MR) is 69.6 cm³/mol. The average Bonchev–Trinajstić information content (AvgIpc) is 2.32. The fraction of sp³-hybridized carbons (Fsp3) is 0.143. The van der Waals surface area contributed by atoms with Gasteiger partial charge in [-0.2, -0.15) is 0 Å². The van der Waals surface area contributed by atoms with Gasteiger partial charge in [-0.3, -0.25) is 0 Å². The first-order valence-electron chi connectivity index (χ1n) is 5.71. The second-order valence-electron chi connectivity index (χ2n) is 4.01. The molecule has 0 heterocycles. The second kappa shape index (κ2) is 6.12. The van der Waals surface area contributed by atoms with Crippen molar-refractivity contribution in [2.75, 3.05) is 6.54 Å². The van der Waals surface area contributed by atoms with Gasteiger partial charge in [0.1, 0.15) is 17.5 Å². The molecule has 19 heavy (non-hydrogen) atoms. The molecular formula is C14H12F3NS. The number of nitrogens with two attached hydrogens (primary N) is 1. The minimum absolute atomic E-state index is 0.255. The Morgan fingerprint density at radius 3 is 2.42 bits per heavy atom. The third-order valence-electron chi connectivity index (χ3n) is 2.49. The summed E-state index contributed by atoms with van der Waals surface area (Å²) in [5, 5.41) is 0. The zero-order valence-corrected chi connectivity index (χ0v) is 10.8. The Labute approximate surface area is 113 Å². The first-order chi connectivity index (χ1) is 9.08. The summed E-state index contributed by atoms with van der Waals surface area (Å²) < 4.78 is 39.7. The Balaban J connectivity index is 2.27. The summed E-state index contributed by atoms with van der Waals surface area (Å²) in [6, 6.07) is 7.78. The van der Waals surface area contributed by atoms with Gasteiger partial charge in [0.25, 0.3) is 0 Å². The van der Waals surface area contributed by atoms with E-state index in [1.165, 1.54) is 24.3 Å². The fourth-order valence-electron chi connectivity index (χ4n) is 1.68. The van der Waals surface area contributed by atoms with Crippen molar-refractivity contribution in [2.24, 2.45) is 5.73 Å². The monoisotopic (exact) mass is 283 g/mol. The number of rotatable bonds is 4. The molecule has 0 aliphatic heterocycles. The highest BCUT2D eigenvalue weighted by Crippen LogP contribution is 2.31. The molecule has 5 heteroatoms. The second-order valence-corrected chi connectivity index (χ2v) is 5.13. The van der Waals surface area contributed by atoms with Crippen LogP contribution < -0.4 is 5.73 Å². The topological polar surface area (TPSA) is 26.0 Å². The minimum atomic E-state index is -0.658. The summed E-state index contributed by atoms with van der Waals surface area (Å²) in [6.45, 7) is 0.415. The zero-order valence-electron chi connectivity index (χ0n) is 10.00. The molecule has 0 spiro atoms. The van der Waals surface area contributed by atoms with Crippen LogP contribution in [0.1, 0.15) is 5.56 Å². The smallest absolute Gasteiger partial charge is 0.140 e. The molecule has 0 aliphatic carbocycles. The molecule has 0 saturated carbocycles. The third-order valence-corrected chi connectivity index (χ3v) is 3.51. The van der Waals surface area contributed by atoms with Crippen LogP contribution in [0.2, 0.25) is 0 Å². The quantitative estimate of drug-likeness (QED) is 0.924. The lowest BCUT2D eigenvalue weighted by molar-refractivity contribution is 0.565. The molecule has 2 N–H and O–H groups in total. The van der Waals surface area contributed by atoms with Crippen molar-refractivity contribution in [3.05, 3.63) is 59.4 Å². The summed E-state index contributed by atoms with van der Waals surface area (Å²) >= 11 is 1.05. The number of halogens is 3. The molecule has 0 atom stereocenters. The van der Waals surface area contributed by atoms with Crippen LogP contribution in [-0.4, -0.2) is 6.54 Å². The lowest BCUT2D eigenvalue weighted by Gasteiger charge is -2.06. The lowest BCUT2D eigenvalue weighted by Crippen LogP contribution is -2.03. The van der Waals surface area contributed by atoms with Gasteiger partial charge in [-0.05, 0) is 48.9 Å². The maximum Gasteiger partial charge on any atom is 0.140 e. The van der Waals surface area contributed by atoms with Gasteiger partial charge in [-0.1, -0.05) is 11.8 Å². The number of hydrogen-bond donors (Lipinski definition) is 1. The Morgan fingerprint density at radius 1 is 0.947 bits per heavy atom. The van der Waals surface area contributed by atoms with E-state index in [9.17, 15) is 13.2 Å². The van der Waals surface area contributed by atoms with Crippen molar-refractivity contribution in [1.29, 1.82) is 0 Å². The maximum absolute atomic E-state index is 13.5. The SMILES string of the molecule is NCCc1cc(F)cc(Sc2ccc(F)cc2F)c1. The Bertz CT molecular complexity index is 587. The first-order valence-corrected chi connectivity index (χ1v) is 6.52. The number of hydrogen-bond acceptors (Lipinski definition) is 2. The van der Waals surface area contributed by atoms with Gasteiger partial charge < -0.3 is 5.73 Å². The Hall–Kier alpha value is -1.46. The molecule has 0 bridgehead atoms. The van der Waals surface area contributed by atoms with E-state index in [2.05, 4.69) is 0 Å². The molecule has 0 aromatic heterocycles. The fourth-order valence-corrected chi connectivity index (χ4v) is 2.60. The summed E-state index contributed by atoms with van der Waals surface area (Å²) in [6.07, 6.45) is 0.553. The van der Waals surface area contributed by atoms with Crippen LogP contribution in [0.4, 0.5) is 13.2 Å². The van der Waals surface area contributed by atoms with E-state index in [1.54, 1.807) is 6.07 Å². The van der Waals surface area contributed by atoms with Gasteiger partial charge in [0, 0.05) is 15.9 Å². The highest BCUT2D eigenvalue weighted by molar-refractivity contribution is 7.99. The van der Waals surface area contributed by atoms with Crippen molar-refractivity contribution in [3.63, 3.8) is 0 Å². The summed E-state index contributed by atoms with van der Waals surface area (Å²) in [4.78, 5) is 0.819. The van der Waals surface area contributed by atoms with E-state index in [-0.39, 0.29) is 4.90 Å². The van der Waals surface area contributed by atoms with Gasteiger partial charge >= 0.3 is 0 Å². The standard InChI is InChI=1S/C14H12F3NS/c15-10-1-2-14(13(17)8-10)19-12-6-9(3-4-18)5-11(16)7-12/h1-2,5-8H,3-4,18H2. The molecule has 1 nitrogen and oxygen atoms in total. The van der Waals surface area contributed by atoms with E-state index in [0.29, 0.717) is 17.9 Å². The van der Waals surface area contributed by atoms with Crippen LogP contribution in [0, 0.1) is 17.5 Å². The third kappa shape index (κ3) is 3.75. The molecule has 0 saturated heterocycles. The largest absolute Gasteiger partial charge is 0.330 e. The normalized spacial score (nSPS) is 10.7. The Morgan fingerprint density at radius 2 is 1.74 bits per heavy atom. The van der Waals surface area contributed by atoms with Gasteiger partial charge in [-0.15, -0.1) is 0 Å². The van der Waals surface area contributed by atoms with E-state index >= 15 is 0 Å². The molecule has 2 aromatic rings. The average molecular weight is 283 g/mol. The van der Waals surface area contributed by atoms with E-state index in [1.807, 2.05) is 0 Å². The Kier molecular flexibility index (Phi) is 4.50. The molecule has 0 radical (unpaired) electrons. The summed E-state index contributed by atoms with van der Waals surface area (Å²) in [5.74, 6) is -1.68. The molecule has 0 aliphatic rings. The van der Waals surface area contributed by atoms with Crippen molar-refractivity contribution >= 4 is 11.8 Å². The van der Waals surface area contributed by atoms with Crippen molar-refractivity contribution < 1.29 is 13.2 Å². The van der Waals surface area contributed by atoms with Gasteiger partial charge in [-0.25, -0.2) is 13.2 Å². The van der Waals surface area contributed by atoms with Gasteiger partial charge in [0.15, 0.2) is 0 Å². The van der Waals surface area contributed by atoms with Crippen molar-refractivity contribution in [2.45, 2.75) is 16.2 Å². The van der Waals surface area contributed by atoms with Crippen LogP contribution in [0.15, 0.2) is 46.2 Å². The molecule has 0 fully saturated rings. The van der Waals surface area contributed by atoms with E-state index < -0.39 is 17.5 Å². The molecule has 0 unspecified atom stereocenters. The molecule has 0 amide bonds. The van der Waals surface area contributed by atoms with Crippen LogP contribution in [0.25, 0.3) is 0 Å². The minimum Gasteiger partial charge on any atom is -0.330 e. The van der Waals surface area contributed by atoms with Crippen LogP contribution in [0.3, 0.4) is 0 Å². The first kappa shape index (κ1) is 14.0. The number of benzene rings is 2. The zero-order chi connectivity index (χ0) is 13.8. The molecule has 100 valence electrons. The van der Waals surface area contributed by atoms with Crippen LogP contribution >= 0.6 is 11.8 Å². The lowest BCUT2D eigenvalue weighted by atomic mass is 10.1. The molecular weight excluding hydrogens is 271 g/mol. The summed E-state index contributed by atoms with van der Waals surface area (Å²) in [5.41, 5.74) is 6.18. The van der Waals surface area contributed by atoms with Gasteiger partial charge in [0.2, 0.25) is 0 Å². The van der Waals surface area contributed by atoms with E-state index in [4.69, 9.17) is 5.73 Å². The predicted octanol–water partition coefficient (Wildman–Crippen LogP) is 3.76. The highest BCUT2D eigenvalue weighted by atomic mass is 32.2. The molecule has 2 rings (SSSR count). The maximum atomic E-state index is 13.5. The van der Waals surface area contributed by atoms with Crippen molar-refractivity contribution in [3.8, 4) is 0 Å². The van der Waals surface area contributed by atoms with Crippen LogP contribution in [0.5, 0.6) is 0 Å². The van der Waals surface area contributed by atoms with Gasteiger partial charge in [0.05, 0.1) is 0 Å². The summed E-state index contributed by atoms with van der Waals surface area (Å²) in [7, 11) is 0. The van der Waals surface area contributed by atoms with Crippen LogP contribution in [-0.2, 0) is 6.42 Å². The molecule has 2 aromatic carbocycles.